The van der Waals surface area contributed by atoms with Gasteiger partial charge in [-0.2, -0.15) is 4.99 Å². The van der Waals surface area contributed by atoms with Crippen molar-refractivity contribution in [3.05, 3.63) is 36.0 Å². The summed E-state index contributed by atoms with van der Waals surface area (Å²) in [5, 5.41) is 16.3. The maximum Gasteiger partial charge on any atom is 0.303 e. The van der Waals surface area contributed by atoms with E-state index in [9.17, 15) is 24.3 Å². The Labute approximate surface area is 272 Å². The number of nitrogens with two attached hydrogens (primary N) is 1. The highest BCUT2D eigenvalue weighted by Gasteiger charge is 2.58. The number of esters is 1. The Morgan fingerprint density at radius 2 is 1.91 bits per heavy atom. The molecule has 3 rings (SSSR count). The normalized spacial score (nSPS) is 32.8. The molecule has 0 aromatic rings. The molecule has 13 nitrogen and oxygen atoms in total. The average molecular weight is 698 g/mol. The number of alkyl halides is 1. The molecule has 14 heteroatoms. The van der Waals surface area contributed by atoms with Gasteiger partial charge in [0.2, 0.25) is 17.8 Å². The number of aliphatic imine (C=N–C) groups is 1. The second kappa shape index (κ2) is 16.6. The van der Waals surface area contributed by atoms with Gasteiger partial charge in [-0.1, -0.05) is 46.7 Å². The lowest BCUT2D eigenvalue weighted by Crippen LogP contribution is -2.51. The molecule has 5 N–H and O–H groups in total. The molecule has 250 valence electrons. The predicted octanol–water partition coefficient (Wildman–Crippen LogP) is 1.72. The van der Waals surface area contributed by atoms with Crippen molar-refractivity contribution in [2.24, 2.45) is 16.6 Å². The first-order chi connectivity index (χ1) is 21.2. The third kappa shape index (κ3) is 11.4. The van der Waals surface area contributed by atoms with Crippen molar-refractivity contribution < 1.29 is 43.2 Å². The van der Waals surface area contributed by atoms with Gasteiger partial charge < -0.3 is 35.1 Å². The fraction of sp³-hybridized carbons (Fsp3) is 0.645. The molecule has 3 aliphatic rings. The fourth-order valence-corrected chi connectivity index (χ4v) is 5.60. The number of hydrogen-bond donors (Lipinski definition) is 4. The van der Waals surface area contributed by atoms with Crippen LogP contribution in [-0.2, 0) is 38.1 Å². The minimum absolute atomic E-state index is 0.0133. The second-order valence-corrected chi connectivity index (χ2v) is 12.5. The highest BCUT2D eigenvalue weighted by molar-refractivity contribution is 9.09. The standard InChI is InChI=1S/C31H45BrN4O9/c1-17(6-9-24-18(2)12-23(20(4)44-24)34-26(38)11-8-19(3)43-21(5)37)7-10-25-29(41)31(16-42-31)14-22(45-25)13-27(39)35-30(33)36-28(40)15-32/h6-8,10-11,18-20,22-25,29,41H,9,12-16H2,1-5H3,(H,34,38)(H3,33,35,36,39,40)/t18-,19?,20+,22+,23+,24-,25+,29+,31+/m0/s1. The largest absolute Gasteiger partial charge is 0.459 e. The van der Waals surface area contributed by atoms with Gasteiger partial charge in [0.15, 0.2) is 0 Å². The molecule has 0 aromatic carbocycles. The summed E-state index contributed by atoms with van der Waals surface area (Å²) in [6.45, 7) is 9.34. The lowest BCUT2D eigenvalue weighted by Gasteiger charge is -2.39. The first kappa shape index (κ1) is 36.6. The van der Waals surface area contributed by atoms with Crippen molar-refractivity contribution >= 4 is 45.6 Å². The summed E-state index contributed by atoms with van der Waals surface area (Å²) in [5.74, 6) is -1.77. The zero-order valence-corrected chi connectivity index (χ0v) is 27.9. The number of halogens is 1. The van der Waals surface area contributed by atoms with E-state index in [2.05, 4.69) is 44.6 Å². The summed E-state index contributed by atoms with van der Waals surface area (Å²) in [5.41, 5.74) is 5.81. The van der Waals surface area contributed by atoms with Gasteiger partial charge in [-0.05, 0) is 45.6 Å². The maximum absolute atomic E-state index is 12.5. The monoisotopic (exact) mass is 696 g/mol. The third-order valence-corrected chi connectivity index (χ3v) is 8.44. The highest BCUT2D eigenvalue weighted by Crippen LogP contribution is 2.43. The van der Waals surface area contributed by atoms with Gasteiger partial charge in [0.1, 0.15) is 23.9 Å². The number of nitrogens with zero attached hydrogens (tertiary/aromatic N) is 1. The van der Waals surface area contributed by atoms with Crippen molar-refractivity contribution in [1.29, 1.82) is 0 Å². The van der Waals surface area contributed by atoms with Gasteiger partial charge >= 0.3 is 5.97 Å². The van der Waals surface area contributed by atoms with E-state index < -0.39 is 47.8 Å². The van der Waals surface area contributed by atoms with Crippen LogP contribution in [0.2, 0.25) is 0 Å². The van der Waals surface area contributed by atoms with E-state index in [0.717, 1.165) is 12.0 Å². The Bertz CT molecular complexity index is 1220. The molecule has 1 spiro atoms. The molecule has 0 radical (unpaired) electrons. The van der Waals surface area contributed by atoms with E-state index in [-0.39, 0.29) is 47.8 Å². The molecule has 3 saturated heterocycles. The zero-order valence-electron chi connectivity index (χ0n) is 26.4. The summed E-state index contributed by atoms with van der Waals surface area (Å²) in [7, 11) is 0. The van der Waals surface area contributed by atoms with Crippen LogP contribution in [0, 0.1) is 5.92 Å². The number of allylic oxidation sites excluding steroid dienone is 2. The number of ether oxygens (including phenoxy) is 4. The molecule has 0 bridgehead atoms. The molecular formula is C31H45BrN4O9. The maximum atomic E-state index is 12.5. The van der Waals surface area contributed by atoms with Crippen LogP contribution in [0.1, 0.15) is 60.3 Å². The number of aliphatic hydroxyl groups excluding tert-OH is 1. The zero-order chi connectivity index (χ0) is 33.3. The van der Waals surface area contributed by atoms with Crippen molar-refractivity contribution in [1.82, 2.24) is 10.6 Å². The van der Waals surface area contributed by atoms with Crippen LogP contribution >= 0.6 is 15.9 Å². The molecular weight excluding hydrogens is 652 g/mol. The Morgan fingerprint density at radius 3 is 2.56 bits per heavy atom. The number of guanidine groups is 1. The summed E-state index contributed by atoms with van der Waals surface area (Å²) in [6, 6.07) is -0.153. The summed E-state index contributed by atoms with van der Waals surface area (Å²) in [6.07, 6.45) is 7.46. The minimum atomic E-state index is -0.890. The first-order valence-corrected chi connectivity index (χ1v) is 16.2. The van der Waals surface area contributed by atoms with Crippen molar-refractivity contribution in [2.75, 3.05) is 11.9 Å². The predicted molar refractivity (Wildman–Crippen MR) is 169 cm³/mol. The molecule has 1 unspecified atom stereocenters. The van der Waals surface area contributed by atoms with Gasteiger partial charge in [-0.3, -0.25) is 24.5 Å². The minimum Gasteiger partial charge on any atom is -0.459 e. The smallest absolute Gasteiger partial charge is 0.303 e. The number of carbonyl (C=O) groups excluding carboxylic acids is 4. The number of nitrogens with one attached hydrogen (secondary N) is 2. The Morgan fingerprint density at radius 1 is 1.20 bits per heavy atom. The van der Waals surface area contributed by atoms with Crippen molar-refractivity contribution in [3.8, 4) is 0 Å². The number of rotatable bonds is 11. The average Bonchev–Trinajstić information content (AvgIpc) is 3.73. The van der Waals surface area contributed by atoms with Crippen LogP contribution in [0.15, 0.2) is 40.9 Å². The summed E-state index contributed by atoms with van der Waals surface area (Å²) in [4.78, 5) is 50.8. The number of aliphatic hydroxyl groups is 1. The van der Waals surface area contributed by atoms with Crippen LogP contribution in [0.25, 0.3) is 0 Å². The molecule has 0 aliphatic carbocycles. The van der Waals surface area contributed by atoms with E-state index in [1.165, 1.54) is 19.1 Å². The van der Waals surface area contributed by atoms with Gasteiger partial charge in [0.25, 0.3) is 5.91 Å². The van der Waals surface area contributed by atoms with Gasteiger partial charge in [-0.15, -0.1) is 0 Å². The first-order valence-electron chi connectivity index (χ1n) is 15.1. The van der Waals surface area contributed by atoms with Gasteiger partial charge in [0.05, 0.1) is 42.7 Å². The number of hydrogen-bond acceptors (Lipinski definition) is 9. The van der Waals surface area contributed by atoms with E-state index in [1.54, 1.807) is 13.0 Å². The van der Waals surface area contributed by atoms with E-state index >= 15 is 0 Å². The summed E-state index contributed by atoms with van der Waals surface area (Å²) >= 11 is 2.98. The Hall–Kier alpha value is -2.91. The fourth-order valence-electron chi connectivity index (χ4n) is 5.48. The number of amides is 3. The Kier molecular flexibility index (Phi) is 13.5. The van der Waals surface area contributed by atoms with Crippen LogP contribution < -0.4 is 16.4 Å². The third-order valence-electron chi connectivity index (χ3n) is 7.96. The lowest BCUT2D eigenvalue weighted by molar-refractivity contribution is -0.145. The molecule has 45 heavy (non-hydrogen) atoms. The SMILES string of the molecule is CC(=O)OC(C)C=CC(=O)N[C@@H]1C[C@H](C)[C@H](CC=C(C)C=C[C@H]2O[C@H](CC(=O)NC(N)=NC(=O)CBr)C[C@@]3(CO3)[C@@H]2O)O[C@@H]1C. The summed E-state index contributed by atoms with van der Waals surface area (Å²) < 4.78 is 22.9. The van der Waals surface area contributed by atoms with Crippen LogP contribution in [0.3, 0.4) is 0 Å². The van der Waals surface area contributed by atoms with Gasteiger partial charge in [-0.25, -0.2) is 0 Å². The van der Waals surface area contributed by atoms with E-state index in [4.69, 9.17) is 24.7 Å². The van der Waals surface area contributed by atoms with E-state index in [1.807, 2.05) is 19.9 Å². The van der Waals surface area contributed by atoms with Crippen LogP contribution in [-0.4, -0.2) is 95.0 Å². The van der Waals surface area contributed by atoms with Crippen molar-refractivity contribution in [3.63, 3.8) is 0 Å². The quantitative estimate of drug-likeness (QED) is 0.0470. The highest BCUT2D eigenvalue weighted by atomic mass is 79.9. The molecule has 9 atom stereocenters. The molecule has 0 saturated carbocycles. The number of carbonyl (C=O) groups is 4. The number of epoxide rings is 1. The van der Waals surface area contributed by atoms with Crippen LogP contribution in [0.4, 0.5) is 0 Å². The van der Waals surface area contributed by atoms with Crippen molar-refractivity contribution in [2.45, 2.75) is 109 Å². The lowest BCUT2D eigenvalue weighted by atomic mass is 9.87. The molecule has 0 aromatic heterocycles. The molecule has 3 heterocycles. The molecule has 3 fully saturated rings. The van der Waals surface area contributed by atoms with Crippen LogP contribution in [0.5, 0.6) is 0 Å². The molecule has 3 amide bonds. The molecule has 3 aliphatic heterocycles. The topological polar surface area (TPSA) is 191 Å². The Balaban J connectivity index is 1.51. The second-order valence-electron chi connectivity index (χ2n) is 11.9. The van der Waals surface area contributed by atoms with E-state index in [0.29, 0.717) is 19.4 Å². The van der Waals surface area contributed by atoms with Gasteiger partial charge in [0, 0.05) is 19.4 Å².